The number of aliphatic hydroxyl groups is 2. The Kier molecular flexibility index (Phi) is 8.34. The van der Waals surface area contributed by atoms with Crippen LogP contribution in [0.1, 0.15) is 37.8 Å². The average molecular weight is 537 g/mol. The largest absolute Gasteiger partial charge is 0.492 e. The zero-order valence-corrected chi connectivity index (χ0v) is 22.1. The van der Waals surface area contributed by atoms with Gasteiger partial charge in [-0.15, -0.1) is 0 Å². The Morgan fingerprint density at radius 2 is 1.71 bits per heavy atom. The van der Waals surface area contributed by atoms with Crippen molar-refractivity contribution >= 4 is 17.6 Å². The lowest BCUT2D eigenvalue weighted by atomic mass is 9.81. The molecule has 1 aromatic rings. The van der Waals surface area contributed by atoms with E-state index in [4.69, 9.17) is 23.7 Å². The summed E-state index contributed by atoms with van der Waals surface area (Å²) in [4.78, 5) is 39.2. The smallest absolute Gasteiger partial charge is 0.245 e. The molecule has 0 saturated carbocycles. The number of carbonyl (C=O) groups excluding carboxylic acids is 3. The predicted molar refractivity (Wildman–Crippen MR) is 132 cm³/mol. The van der Waals surface area contributed by atoms with E-state index >= 15 is 0 Å². The van der Waals surface area contributed by atoms with E-state index in [1.54, 1.807) is 7.11 Å². The Bertz CT molecular complexity index is 1080. The maximum atomic E-state index is 13.2. The number of nitrogens with one attached hydrogen (secondary N) is 2. The van der Waals surface area contributed by atoms with Crippen LogP contribution in [0.25, 0.3) is 0 Å². The molecule has 12 nitrogen and oxygen atoms in total. The minimum absolute atomic E-state index is 0.0216. The molecule has 4 rings (SSSR count). The molecule has 2 heterocycles. The first-order chi connectivity index (χ1) is 18.2. The molecule has 4 atom stereocenters. The van der Waals surface area contributed by atoms with E-state index in [1.165, 1.54) is 7.11 Å². The summed E-state index contributed by atoms with van der Waals surface area (Å²) in [5.41, 5.74) is 0.368. The predicted octanol–water partition coefficient (Wildman–Crippen LogP) is -0.124. The van der Waals surface area contributed by atoms with Crippen LogP contribution in [0.15, 0.2) is 0 Å². The van der Waals surface area contributed by atoms with Crippen molar-refractivity contribution in [2.45, 2.75) is 57.2 Å². The summed E-state index contributed by atoms with van der Waals surface area (Å²) in [5, 5.41) is 24.8. The van der Waals surface area contributed by atoms with Crippen LogP contribution in [-0.2, 0) is 32.0 Å². The highest BCUT2D eigenvalue weighted by Crippen LogP contribution is 2.54. The third-order valence-corrected chi connectivity index (χ3v) is 7.26. The van der Waals surface area contributed by atoms with Gasteiger partial charge in [0, 0.05) is 17.0 Å². The molecule has 3 unspecified atom stereocenters. The minimum Gasteiger partial charge on any atom is -0.492 e. The van der Waals surface area contributed by atoms with Gasteiger partial charge in [-0.2, -0.15) is 0 Å². The van der Waals surface area contributed by atoms with E-state index in [0.717, 1.165) is 11.1 Å². The third-order valence-electron chi connectivity index (χ3n) is 7.26. The highest BCUT2D eigenvalue weighted by atomic mass is 16.7. The molecule has 3 aliphatic rings. The highest BCUT2D eigenvalue weighted by Gasteiger charge is 2.54. The zero-order valence-electron chi connectivity index (χ0n) is 22.1. The second kappa shape index (κ2) is 11.3. The van der Waals surface area contributed by atoms with Gasteiger partial charge in [0.1, 0.15) is 6.04 Å². The second-order valence-electron chi connectivity index (χ2n) is 10.3. The molecule has 0 aromatic heterocycles. The van der Waals surface area contributed by atoms with Gasteiger partial charge in [0.2, 0.25) is 30.1 Å². The van der Waals surface area contributed by atoms with E-state index in [2.05, 4.69) is 10.6 Å². The maximum absolute atomic E-state index is 13.2. The number of methoxy groups -OCH3 is 2. The van der Waals surface area contributed by atoms with Gasteiger partial charge in [-0.1, -0.05) is 13.8 Å². The monoisotopic (exact) mass is 536 g/mol. The molecule has 0 bridgehead atoms. The Balaban J connectivity index is 1.46. The molecule has 4 N–H and O–H groups in total. The number of carbonyl (C=O) groups is 3. The van der Waals surface area contributed by atoms with Crippen molar-refractivity contribution in [3.8, 4) is 23.0 Å². The van der Waals surface area contributed by atoms with E-state index in [-0.39, 0.29) is 19.3 Å². The SMILES string of the molecule is COc1c2c(c3c(c1OC)OCO3)CC(C(=O)N[C@@H](CO)C(=O)NC(CC(C)C)C(=O)C1(CO)CO1)CC2. The van der Waals surface area contributed by atoms with Crippen molar-refractivity contribution in [1.82, 2.24) is 10.6 Å². The summed E-state index contributed by atoms with van der Waals surface area (Å²) in [7, 11) is 3.06. The van der Waals surface area contributed by atoms with Crippen LogP contribution in [0.3, 0.4) is 0 Å². The summed E-state index contributed by atoms with van der Waals surface area (Å²) in [6.07, 6.45) is 1.62. The van der Waals surface area contributed by atoms with Gasteiger partial charge in [0.25, 0.3) is 0 Å². The van der Waals surface area contributed by atoms with Gasteiger partial charge in [-0.05, 0) is 31.6 Å². The molecule has 1 aliphatic carbocycles. The van der Waals surface area contributed by atoms with Crippen LogP contribution in [0.4, 0.5) is 0 Å². The van der Waals surface area contributed by atoms with Crippen LogP contribution in [0.2, 0.25) is 0 Å². The number of benzene rings is 1. The summed E-state index contributed by atoms with van der Waals surface area (Å²) in [5.74, 6) is -0.0180. The summed E-state index contributed by atoms with van der Waals surface area (Å²) in [6, 6.07) is -2.18. The highest BCUT2D eigenvalue weighted by molar-refractivity contribution is 5.98. The number of fused-ring (bicyclic) bond motifs is 3. The van der Waals surface area contributed by atoms with Gasteiger partial charge in [0.15, 0.2) is 22.9 Å². The van der Waals surface area contributed by atoms with E-state index in [9.17, 15) is 24.6 Å². The van der Waals surface area contributed by atoms with Crippen LogP contribution >= 0.6 is 0 Å². The van der Waals surface area contributed by atoms with Crippen LogP contribution in [0.5, 0.6) is 23.0 Å². The molecule has 1 saturated heterocycles. The topological polar surface area (TPSA) is 165 Å². The Hall–Kier alpha value is -3.09. The zero-order chi connectivity index (χ0) is 27.6. The molecule has 210 valence electrons. The van der Waals surface area contributed by atoms with Crippen molar-refractivity contribution in [2.75, 3.05) is 40.8 Å². The lowest BCUT2D eigenvalue weighted by Crippen LogP contribution is -2.56. The Labute approximate surface area is 220 Å². The first-order valence-electron chi connectivity index (χ1n) is 12.8. The normalized spacial score (nSPS) is 22.8. The average Bonchev–Trinajstić information content (AvgIpc) is 3.56. The molecule has 2 aliphatic heterocycles. The molecule has 0 radical (unpaired) electrons. The van der Waals surface area contributed by atoms with Gasteiger partial charge < -0.3 is 44.5 Å². The number of ether oxygens (including phenoxy) is 5. The molecular weight excluding hydrogens is 500 g/mol. The first kappa shape index (κ1) is 27.9. The number of amides is 2. The van der Waals surface area contributed by atoms with Crippen LogP contribution in [0, 0.1) is 11.8 Å². The number of rotatable bonds is 12. The molecule has 38 heavy (non-hydrogen) atoms. The first-order valence-corrected chi connectivity index (χ1v) is 12.8. The van der Waals surface area contributed by atoms with Crippen LogP contribution in [-0.4, -0.2) is 86.3 Å². The Morgan fingerprint density at radius 1 is 1.03 bits per heavy atom. The third kappa shape index (κ3) is 5.25. The lowest BCUT2D eigenvalue weighted by Gasteiger charge is -2.29. The summed E-state index contributed by atoms with van der Waals surface area (Å²) >= 11 is 0. The molecule has 12 heteroatoms. The number of ketones is 1. The summed E-state index contributed by atoms with van der Waals surface area (Å²) in [6.45, 7) is 2.78. The van der Waals surface area contributed by atoms with Gasteiger partial charge >= 0.3 is 0 Å². The number of hydrogen-bond donors (Lipinski definition) is 4. The van der Waals surface area contributed by atoms with Gasteiger partial charge in [-0.25, -0.2) is 0 Å². The van der Waals surface area contributed by atoms with Gasteiger partial charge in [0.05, 0.1) is 40.1 Å². The Morgan fingerprint density at radius 3 is 2.29 bits per heavy atom. The fourth-order valence-corrected chi connectivity index (χ4v) is 5.13. The number of epoxide rings is 1. The van der Waals surface area contributed by atoms with Crippen LogP contribution < -0.4 is 29.6 Å². The summed E-state index contributed by atoms with van der Waals surface area (Å²) < 4.78 is 27.5. The van der Waals surface area contributed by atoms with Crippen molar-refractivity contribution < 1.29 is 48.3 Å². The lowest BCUT2D eigenvalue weighted by molar-refractivity contribution is -0.135. The van der Waals surface area contributed by atoms with Crippen molar-refractivity contribution in [3.63, 3.8) is 0 Å². The van der Waals surface area contributed by atoms with Crippen molar-refractivity contribution in [2.24, 2.45) is 11.8 Å². The standard InChI is InChI=1S/C26H36N2O10/c1-13(2)7-17(23(31)26(10-30)11-38-26)27-25(33)18(9-29)28-24(32)14-5-6-15-16(8-14)20-22(37-12-36-20)21(35-4)19(15)34-3/h13-14,17-18,29-30H,5-12H2,1-4H3,(H,27,33)(H,28,32)/t14?,17?,18-,26?/m0/s1. The van der Waals surface area contributed by atoms with Crippen molar-refractivity contribution in [1.29, 1.82) is 0 Å². The number of Topliss-reactive ketones (excluding diaryl/α,β-unsaturated/α-hetero) is 1. The fraction of sp³-hybridized carbons (Fsp3) is 0.654. The second-order valence-corrected chi connectivity index (χ2v) is 10.3. The number of hydrogen-bond acceptors (Lipinski definition) is 10. The number of aliphatic hydroxyl groups excluding tert-OH is 2. The van der Waals surface area contributed by atoms with Gasteiger partial charge in [-0.3, -0.25) is 14.4 Å². The molecular formula is C26H36N2O10. The quantitative estimate of drug-likeness (QED) is 0.265. The van der Waals surface area contributed by atoms with E-state index in [1.807, 2.05) is 13.8 Å². The van der Waals surface area contributed by atoms with E-state index in [0.29, 0.717) is 48.7 Å². The minimum atomic E-state index is -1.30. The maximum Gasteiger partial charge on any atom is 0.245 e. The van der Waals surface area contributed by atoms with Crippen molar-refractivity contribution in [3.05, 3.63) is 11.1 Å². The molecule has 0 spiro atoms. The molecule has 2 amide bonds. The van der Waals surface area contributed by atoms with E-state index < -0.39 is 54.4 Å². The molecule has 1 aromatic carbocycles. The fourth-order valence-electron chi connectivity index (χ4n) is 5.13. The molecule has 1 fully saturated rings.